The van der Waals surface area contributed by atoms with Gasteiger partial charge in [-0.3, -0.25) is 4.79 Å². The molecular weight excluding hydrogens is 336 g/mol. The third-order valence-electron chi connectivity index (χ3n) is 4.92. The highest BCUT2D eigenvalue weighted by Crippen LogP contribution is 2.58. The Kier molecular flexibility index (Phi) is 5.38. The standard InChI is InChI=1S/C16H22N2O3S.ClH/c1-22(20,21)13-4-2-12(3-5-13)11-18-15(19)14-10-16(14)6-8-17-9-7-16;/h2-5,14,17H,6-11H2,1H3,(H,18,19);1H. The molecule has 2 N–H and O–H groups in total. The van der Waals surface area contributed by atoms with Gasteiger partial charge in [0.1, 0.15) is 0 Å². The fourth-order valence-electron chi connectivity index (χ4n) is 3.36. The second kappa shape index (κ2) is 6.79. The van der Waals surface area contributed by atoms with E-state index in [0.29, 0.717) is 11.4 Å². The molecule has 7 heteroatoms. The van der Waals surface area contributed by atoms with Gasteiger partial charge < -0.3 is 10.6 Å². The van der Waals surface area contributed by atoms with E-state index in [2.05, 4.69) is 10.6 Å². The van der Waals surface area contributed by atoms with Crippen LogP contribution in [-0.2, 0) is 21.2 Å². The zero-order chi connectivity index (χ0) is 15.8. The number of hydrogen-bond donors (Lipinski definition) is 2. The van der Waals surface area contributed by atoms with Crippen LogP contribution in [0.5, 0.6) is 0 Å². The van der Waals surface area contributed by atoms with Crippen LogP contribution in [0.2, 0.25) is 0 Å². The molecule has 23 heavy (non-hydrogen) atoms. The molecule has 1 aromatic carbocycles. The van der Waals surface area contributed by atoms with Gasteiger partial charge in [-0.1, -0.05) is 12.1 Å². The van der Waals surface area contributed by atoms with E-state index < -0.39 is 9.84 Å². The van der Waals surface area contributed by atoms with Crippen molar-refractivity contribution in [3.8, 4) is 0 Å². The van der Waals surface area contributed by atoms with Crippen molar-refractivity contribution < 1.29 is 13.2 Å². The van der Waals surface area contributed by atoms with Crippen molar-refractivity contribution in [1.82, 2.24) is 10.6 Å². The van der Waals surface area contributed by atoms with Crippen LogP contribution in [0.4, 0.5) is 0 Å². The number of amides is 1. The number of carbonyl (C=O) groups excluding carboxylic acids is 1. The van der Waals surface area contributed by atoms with Gasteiger partial charge in [0, 0.05) is 18.7 Å². The molecule has 0 aromatic heterocycles. The van der Waals surface area contributed by atoms with Crippen LogP contribution in [0.3, 0.4) is 0 Å². The van der Waals surface area contributed by atoms with E-state index in [1.165, 1.54) is 6.26 Å². The molecule has 1 aliphatic carbocycles. The maximum Gasteiger partial charge on any atom is 0.223 e. The van der Waals surface area contributed by atoms with E-state index in [1.54, 1.807) is 24.3 Å². The third-order valence-corrected chi connectivity index (χ3v) is 6.05. The van der Waals surface area contributed by atoms with Crippen LogP contribution < -0.4 is 10.6 Å². The minimum Gasteiger partial charge on any atom is -0.352 e. The SMILES string of the molecule is CS(=O)(=O)c1ccc(CNC(=O)C2CC23CCNCC3)cc1.Cl. The molecule has 1 amide bonds. The van der Waals surface area contributed by atoms with Crippen molar-refractivity contribution in [2.45, 2.75) is 30.7 Å². The second-order valence-corrected chi connectivity index (χ2v) is 8.52. The van der Waals surface area contributed by atoms with Gasteiger partial charge in [0.15, 0.2) is 9.84 Å². The number of piperidine rings is 1. The monoisotopic (exact) mass is 358 g/mol. The van der Waals surface area contributed by atoms with Gasteiger partial charge in [0.2, 0.25) is 5.91 Å². The molecule has 1 spiro atoms. The van der Waals surface area contributed by atoms with Gasteiger partial charge in [0.25, 0.3) is 0 Å². The molecule has 1 aromatic rings. The number of benzene rings is 1. The van der Waals surface area contributed by atoms with E-state index in [9.17, 15) is 13.2 Å². The van der Waals surface area contributed by atoms with Gasteiger partial charge in [-0.25, -0.2) is 8.42 Å². The predicted molar refractivity (Wildman–Crippen MR) is 91.3 cm³/mol. The largest absolute Gasteiger partial charge is 0.352 e. The summed E-state index contributed by atoms with van der Waals surface area (Å²) in [5.74, 6) is 0.291. The topological polar surface area (TPSA) is 75.3 Å². The Morgan fingerprint density at radius 3 is 2.43 bits per heavy atom. The lowest BCUT2D eigenvalue weighted by molar-refractivity contribution is -0.123. The van der Waals surface area contributed by atoms with Gasteiger partial charge in [0.05, 0.1) is 4.90 Å². The summed E-state index contributed by atoms with van der Waals surface area (Å²) < 4.78 is 22.8. The minimum absolute atomic E-state index is 0. The Hall–Kier alpha value is -1.11. The van der Waals surface area contributed by atoms with Crippen LogP contribution in [0.15, 0.2) is 29.2 Å². The lowest BCUT2D eigenvalue weighted by Crippen LogP contribution is -2.33. The summed E-state index contributed by atoms with van der Waals surface area (Å²) in [5, 5.41) is 6.32. The van der Waals surface area contributed by atoms with E-state index in [-0.39, 0.29) is 29.6 Å². The Bertz CT molecular complexity index is 667. The van der Waals surface area contributed by atoms with Crippen LogP contribution in [-0.4, -0.2) is 33.7 Å². The molecule has 2 fully saturated rings. The van der Waals surface area contributed by atoms with Crippen molar-refractivity contribution in [3.05, 3.63) is 29.8 Å². The molecule has 3 rings (SSSR count). The highest BCUT2D eigenvalue weighted by molar-refractivity contribution is 7.90. The molecule has 128 valence electrons. The fourth-order valence-corrected chi connectivity index (χ4v) is 3.99. The second-order valence-electron chi connectivity index (χ2n) is 6.50. The number of halogens is 1. The average molecular weight is 359 g/mol. The van der Waals surface area contributed by atoms with E-state index in [1.807, 2.05) is 0 Å². The van der Waals surface area contributed by atoms with Crippen LogP contribution in [0, 0.1) is 11.3 Å². The Morgan fingerprint density at radius 2 is 1.87 bits per heavy atom. The molecule has 2 aliphatic rings. The first-order valence-electron chi connectivity index (χ1n) is 7.68. The number of rotatable bonds is 4. The zero-order valence-electron chi connectivity index (χ0n) is 13.2. The van der Waals surface area contributed by atoms with E-state index in [4.69, 9.17) is 0 Å². The van der Waals surface area contributed by atoms with E-state index in [0.717, 1.165) is 37.9 Å². The summed E-state index contributed by atoms with van der Waals surface area (Å²) in [6.07, 6.45) is 4.38. The highest BCUT2D eigenvalue weighted by Gasteiger charge is 2.57. The van der Waals surface area contributed by atoms with E-state index >= 15 is 0 Å². The van der Waals surface area contributed by atoms with Gasteiger partial charge in [-0.15, -0.1) is 12.4 Å². The fraction of sp³-hybridized carbons (Fsp3) is 0.562. The molecule has 1 unspecified atom stereocenters. The summed E-state index contributed by atoms with van der Waals surface area (Å²) in [5.41, 5.74) is 1.16. The Morgan fingerprint density at radius 1 is 1.26 bits per heavy atom. The Labute approximate surface area is 143 Å². The Balaban J connectivity index is 0.00000192. The van der Waals surface area contributed by atoms with Crippen molar-refractivity contribution in [3.63, 3.8) is 0 Å². The lowest BCUT2D eigenvalue weighted by atomic mass is 9.92. The number of sulfone groups is 1. The normalized spacial score (nSPS) is 22.2. The molecule has 1 aliphatic heterocycles. The van der Waals surface area contributed by atoms with Crippen molar-refractivity contribution in [2.24, 2.45) is 11.3 Å². The molecule has 0 bridgehead atoms. The number of nitrogens with one attached hydrogen (secondary N) is 2. The molecule has 1 atom stereocenters. The summed E-state index contributed by atoms with van der Waals surface area (Å²) >= 11 is 0. The summed E-state index contributed by atoms with van der Waals surface area (Å²) in [4.78, 5) is 12.6. The predicted octanol–water partition coefficient (Wildman–Crippen LogP) is 1.52. The maximum atomic E-state index is 12.3. The molecule has 1 saturated carbocycles. The smallest absolute Gasteiger partial charge is 0.223 e. The summed E-state index contributed by atoms with van der Waals surface area (Å²) in [6.45, 7) is 2.47. The number of carbonyl (C=O) groups is 1. The van der Waals surface area contributed by atoms with Gasteiger partial charge in [-0.05, 0) is 55.5 Å². The lowest BCUT2D eigenvalue weighted by Gasteiger charge is -2.23. The maximum absolute atomic E-state index is 12.3. The highest BCUT2D eigenvalue weighted by atomic mass is 35.5. The zero-order valence-corrected chi connectivity index (χ0v) is 14.8. The third kappa shape index (κ3) is 4.05. The van der Waals surface area contributed by atoms with Crippen LogP contribution in [0.1, 0.15) is 24.8 Å². The van der Waals surface area contributed by atoms with Gasteiger partial charge >= 0.3 is 0 Å². The first-order valence-corrected chi connectivity index (χ1v) is 9.57. The van der Waals surface area contributed by atoms with Crippen LogP contribution in [0.25, 0.3) is 0 Å². The van der Waals surface area contributed by atoms with Crippen molar-refractivity contribution in [1.29, 1.82) is 0 Å². The van der Waals surface area contributed by atoms with Gasteiger partial charge in [-0.2, -0.15) is 0 Å². The molecule has 0 radical (unpaired) electrons. The van der Waals surface area contributed by atoms with Crippen molar-refractivity contribution >= 4 is 28.2 Å². The minimum atomic E-state index is -3.17. The van der Waals surface area contributed by atoms with Crippen LogP contribution >= 0.6 is 12.4 Å². The quantitative estimate of drug-likeness (QED) is 0.855. The summed E-state index contributed by atoms with van der Waals surface area (Å²) in [6, 6.07) is 6.68. The summed E-state index contributed by atoms with van der Waals surface area (Å²) in [7, 11) is -3.17. The number of hydrogen-bond acceptors (Lipinski definition) is 4. The molecular formula is C16H23ClN2O3S. The molecule has 5 nitrogen and oxygen atoms in total. The first kappa shape index (κ1) is 18.2. The average Bonchev–Trinajstić information content (AvgIpc) is 3.18. The first-order chi connectivity index (χ1) is 10.4. The molecule has 1 heterocycles. The van der Waals surface area contributed by atoms with Crippen molar-refractivity contribution in [2.75, 3.05) is 19.3 Å². The molecule has 1 saturated heterocycles.